The summed E-state index contributed by atoms with van der Waals surface area (Å²) >= 11 is 5.96. The fourth-order valence-electron chi connectivity index (χ4n) is 3.54. The van der Waals surface area contributed by atoms with E-state index in [4.69, 9.17) is 11.6 Å². The van der Waals surface area contributed by atoms with Crippen LogP contribution in [0.1, 0.15) is 25.3 Å². The predicted octanol–water partition coefficient (Wildman–Crippen LogP) is 4.48. The van der Waals surface area contributed by atoms with Crippen molar-refractivity contribution >= 4 is 31.0 Å². The second-order valence-electron chi connectivity index (χ2n) is 7.30. The first-order valence-corrected chi connectivity index (χ1v) is 9.88. The van der Waals surface area contributed by atoms with Gasteiger partial charge in [0.1, 0.15) is 5.82 Å². The Hall–Kier alpha value is -2.18. The molecule has 4 nitrogen and oxygen atoms in total. The molecule has 0 saturated heterocycles. The Morgan fingerprint density at radius 1 is 1.28 bits per heavy atom. The molecule has 0 saturated carbocycles. The van der Waals surface area contributed by atoms with Gasteiger partial charge in [-0.1, -0.05) is 49.1 Å². The summed E-state index contributed by atoms with van der Waals surface area (Å²) in [6.45, 7) is 1.28. The van der Waals surface area contributed by atoms with Gasteiger partial charge in [0.2, 0.25) is 0 Å². The predicted molar refractivity (Wildman–Crippen MR) is 113 cm³/mol. The molecule has 0 fully saturated rings. The summed E-state index contributed by atoms with van der Waals surface area (Å²) in [6.07, 6.45) is 2.21. The maximum absolute atomic E-state index is 14.1. The number of carboxylic acids is 1. The molecule has 0 aliphatic carbocycles. The van der Waals surface area contributed by atoms with Crippen LogP contribution in [0.25, 0.3) is 11.1 Å². The van der Waals surface area contributed by atoms with Crippen LogP contribution in [0.5, 0.6) is 0 Å². The summed E-state index contributed by atoms with van der Waals surface area (Å²) in [7, 11) is 1.47. The van der Waals surface area contributed by atoms with Crippen LogP contribution in [-0.4, -0.2) is 36.3 Å². The summed E-state index contributed by atoms with van der Waals surface area (Å²) in [6, 6.07) is 11.7. The van der Waals surface area contributed by atoms with Gasteiger partial charge < -0.3 is 15.0 Å². The molecule has 0 aliphatic rings. The van der Waals surface area contributed by atoms with Crippen molar-refractivity contribution in [2.24, 2.45) is 11.3 Å². The van der Waals surface area contributed by atoms with E-state index in [1.807, 2.05) is 12.1 Å². The Balaban J connectivity index is 2.21. The molecule has 0 aromatic heterocycles. The molecule has 2 aromatic carbocycles. The van der Waals surface area contributed by atoms with E-state index in [1.165, 1.54) is 19.4 Å². The molecule has 0 amide bonds. The van der Waals surface area contributed by atoms with Crippen molar-refractivity contribution in [2.75, 3.05) is 6.61 Å². The minimum absolute atomic E-state index is 0.128. The zero-order valence-electron chi connectivity index (χ0n) is 16.3. The van der Waals surface area contributed by atoms with Crippen LogP contribution >= 0.6 is 11.6 Å². The molecule has 0 heterocycles. The largest absolute Gasteiger partial charge is 0.481 e. The van der Waals surface area contributed by atoms with E-state index in [9.17, 15) is 24.2 Å². The van der Waals surface area contributed by atoms with Gasteiger partial charge in [0.05, 0.1) is 18.2 Å². The zero-order chi connectivity index (χ0) is 21.4. The van der Waals surface area contributed by atoms with Crippen LogP contribution in [0.2, 0.25) is 11.3 Å². The highest BCUT2D eigenvalue weighted by Gasteiger charge is 2.38. The number of rotatable bonds is 11. The van der Waals surface area contributed by atoms with Crippen molar-refractivity contribution in [1.82, 2.24) is 0 Å². The SMILES string of the molecule is CCC(CO)(C[C@H](C[B]C=O)Cc1ccc(-c2cc(Cl)ccc2F)cc1)C(=O)O. The van der Waals surface area contributed by atoms with Crippen LogP contribution in [0.3, 0.4) is 0 Å². The number of hydrogen-bond donors (Lipinski definition) is 2. The Bertz CT molecular complexity index is 837. The van der Waals surface area contributed by atoms with E-state index in [0.29, 0.717) is 41.5 Å². The Labute approximate surface area is 176 Å². The summed E-state index contributed by atoms with van der Waals surface area (Å²) in [4.78, 5) is 22.5. The van der Waals surface area contributed by atoms with Gasteiger partial charge in [-0.25, -0.2) is 4.39 Å². The zero-order valence-corrected chi connectivity index (χ0v) is 17.0. The first-order valence-electron chi connectivity index (χ1n) is 9.50. The van der Waals surface area contributed by atoms with Gasteiger partial charge in [-0.15, -0.1) is 0 Å². The van der Waals surface area contributed by atoms with E-state index in [1.54, 1.807) is 25.1 Å². The van der Waals surface area contributed by atoms with E-state index < -0.39 is 18.0 Å². The second kappa shape index (κ2) is 10.6. The molecule has 153 valence electrons. The smallest absolute Gasteiger partial charge is 0.311 e. The minimum Gasteiger partial charge on any atom is -0.481 e. The lowest BCUT2D eigenvalue weighted by atomic mass is 9.65. The van der Waals surface area contributed by atoms with Gasteiger partial charge in [0.25, 0.3) is 0 Å². The third-order valence-electron chi connectivity index (χ3n) is 5.40. The highest BCUT2D eigenvalue weighted by Crippen LogP contribution is 2.34. The second-order valence-corrected chi connectivity index (χ2v) is 7.74. The molecule has 2 rings (SSSR count). The van der Waals surface area contributed by atoms with Crippen LogP contribution < -0.4 is 0 Å². The highest BCUT2D eigenvalue weighted by atomic mass is 35.5. The van der Waals surface area contributed by atoms with Crippen molar-refractivity contribution in [1.29, 1.82) is 0 Å². The number of carbonyl (C=O) groups is 2. The van der Waals surface area contributed by atoms with Gasteiger partial charge in [0, 0.05) is 10.6 Å². The molecule has 1 unspecified atom stereocenters. The first kappa shape index (κ1) is 23.1. The maximum Gasteiger partial charge on any atom is 0.311 e. The number of aliphatic carboxylic acids is 1. The quantitative estimate of drug-likeness (QED) is 0.417. The van der Waals surface area contributed by atoms with Gasteiger partial charge >= 0.3 is 5.97 Å². The lowest BCUT2D eigenvalue weighted by molar-refractivity contribution is -0.153. The lowest BCUT2D eigenvalue weighted by Crippen LogP contribution is -2.37. The third-order valence-corrected chi connectivity index (χ3v) is 5.63. The van der Waals surface area contributed by atoms with Crippen LogP contribution in [0.15, 0.2) is 42.5 Å². The third kappa shape index (κ3) is 5.90. The van der Waals surface area contributed by atoms with Gasteiger partial charge in [-0.3, -0.25) is 4.79 Å². The average molecular weight is 418 g/mol. The van der Waals surface area contributed by atoms with Crippen LogP contribution in [0, 0.1) is 17.2 Å². The van der Waals surface area contributed by atoms with Crippen molar-refractivity contribution in [2.45, 2.75) is 32.5 Å². The summed E-state index contributed by atoms with van der Waals surface area (Å²) in [5, 5.41) is 19.7. The summed E-state index contributed by atoms with van der Waals surface area (Å²) in [5.74, 6) is -1.53. The van der Waals surface area contributed by atoms with Gasteiger partial charge in [-0.05, 0) is 54.5 Å². The fraction of sp³-hybridized carbons (Fsp3) is 0.364. The molecule has 2 aromatic rings. The standard InChI is InChI=1S/C22H24BClFO4/c1-2-22(13-26,21(28)29)11-16(12-23-14-27)9-15-3-5-17(6-4-15)19-10-18(24)7-8-20(19)25/h3-8,10,14,16,26H,2,9,11-13H2,1H3,(H,28,29)/t16-,22?/m1/s1. The number of aliphatic hydroxyl groups is 1. The van der Waals surface area contributed by atoms with E-state index in [-0.39, 0.29) is 18.2 Å². The van der Waals surface area contributed by atoms with Crippen LogP contribution in [0.4, 0.5) is 4.39 Å². The Morgan fingerprint density at radius 2 is 1.97 bits per heavy atom. The molecule has 0 bridgehead atoms. The number of carboxylic acid groups (broad SMARTS) is 1. The van der Waals surface area contributed by atoms with Gasteiger partial charge in [-0.2, -0.15) is 0 Å². The van der Waals surface area contributed by atoms with E-state index in [0.717, 1.165) is 5.56 Å². The van der Waals surface area contributed by atoms with Crippen molar-refractivity contribution in [3.8, 4) is 11.1 Å². The molecular weight excluding hydrogens is 394 g/mol. The van der Waals surface area contributed by atoms with E-state index in [2.05, 4.69) is 0 Å². The number of aliphatic hydroxyl groups excluding tert-OH is 1. The number of halogens is 2. The summed E-state index contributed by atoms with van der Waals surface area (Å²) in [5.41, 5.74) is 0.805. The molecule has 29 heavy (non-hydrogen) atoms. The fourth-order valence-corrected chi connectivity index (χ4v) is 3.71. The van der Waals surface area contributed by atoms with Crippen LogP contribution in [-0.2, 0) is 16.0 Å². The molecule has 0 spiro atoms. The molecule has 2 N–H and O–H groups in total. The first-order chi connectivity index (χ1) is 13.8. The number of carbonyl (C=O) groups excluding carboxylic acids is 1. The lowest BCUT2D eigenvalue weighted by Gasteiger charge is -2.30. The van der Waals surface area contributed by atoms with Crippen molar-refractivity contribution < 1.29 is 24.2 Å². The normalized spacial score (nSPS) is 14.1. The monoisotopic (exact) mass is 417 g/mol. The molecule has 1 radical (unpaired) electrons. The number of benzene rings is 2. The topological polar surface area (TPSA) is 74.6 Å². The molecule has 2 atom stereocenters. The van der Waals surface area contributed by atoms with Crippen molar-refractivity contribution in [3.05, 3.63) is 58.9 Å². The summed E-state index contributed by atoms with van der Waals surface area (Å²) < 4.78 is 14.1. The maximum atomic E-state index is 14.1. The Kier molecular flexibility index (Phi) is 8.41. The van der Waals surface area contributed by atoms with Crippen molar-refractivity contribution in [3.63, 3.8) is 0 Å². The van der Waals surface area contributed by atoms with E-state index >= 15 is 0 Å². The average Bonchev–Trinajstić information content (AvgIpc) is 2.72. The molecular formula is C22H24BClFO4. The number of hydrogen-bond acceptors (Lipinski definition) is 3. The Morgan fingerprint density at radius 3 is 2.52 bits per heavy atom. The minimum atomic E-state index is -1.23. The highest BCUT2D eigenvalue weighted by molar-refractivity contribution is 6.66. The van der Waals surface area contributed by atoms with Gasteiger partial charge in [0.15, 0.2) is 7.28 Å². The molecule has 7 heteroatoms. The molecule has 0 aliphatic heterocycles.